The molecule has 1 heterocycles. The molecule has 0 radical (unpaired) electrons. The zero-order valence-corrected chi connectivity index (χ0v) is 11.7. The summed E-state index contributed by atoms with van der Waals surface area (Å²) in [4.78, 5) is 28.4. The topological polar surface area (TPSA) is 70.5 Å². The molecule has 5 heteroatoms. The first-order valence-corrected chi connectivity index (χ1v) is 6.51. The highest BCUT2D eigenvalue weighted by Gasteiger charge is 2.10. The molecule has 0 spiro atoms. The Morgan fingerprint density at radius 3 is 2.24 bits per heavy atom. The van der Waals surface area contributed by atoms with Crippen LogP contribution in [0.5, 0.6) is 0 Å². The summed E-state index contributed by atoms with van der Waals surface area (Å²) in [5.74, 6) is -0.952. The third-order valence-electron chi connectivity index (χ3n) is 3.15. The second-order valence-electron chi connectivity index (χ2n) is 4.78. The molecular weight excluding hydrogens is 268 g/mol. The van der Waals surface area contributed by atoms with E-state index in [4.69, 9.17) is 5.11 Å². The fourth-order valence-electron chi connectivity index (χ4n) is 1.92. The summed E-state index contributed by atoms with van der Waals surface area (Å²) in [7, 11) is 1.73. The average molecular weight is 284 g/mol. The number of hydrogen-bond acceptors (Lipinski definition) is 3. The van der Waals surface area contributed by atoms with Crippen molar-refractivity contribution in [2.45, 2.75) is 13.0 Å². The third kappa shape index (κ3) is 4.14. The van der Waals surface area contributed by atoms with Gasteiger partial charge in [0.05, 0.1) is 12.0 Å². The van der Waals surface area contributed by atoms with Crippen molar-refractivity contribution in [3.8, 4) is 0 Å². The number of rotatable bonds is 5. The van der Waals surface area contributed by atoms with E-state index in [-0.39, 0.29) is 11.5 Å². The Labute approximate surface area is 122 Å². The van der Waals surface area contributed by atoms with Crippen LogP contribution in [0, 0.1) is 0 Å². The number of carboxylic acid groups (broad SMARTS) is 1. The van der Waals surface area contributed by atoms with E-state index in [1.54, 1.807) is 48.6 Å². The van der Waals surface area contributed by atoms with Crippen LogP contribution in [0.4, 0.5) is 0 Å². The molecule has 0 aliphatic rings. The number of carboxylic acids is 1. The molecule has 1 N–H and O–H groups in total. The van der Waals surface area contributed by atoms with E-state index in [0.29, 0.717) is 13.0 Å². The molecule has 0 fully saturated rings. The van der Waals surface area contributed by atoms with E-state index in [2.05, 4.69) is 4.98 Å². The zero-order chi connectivity index (χ0) is 15.2. The van der Waals surface area contributed by atoms with Crippen LogP contribution in [0.3, 0.4) is 0 Å². The Morgan fingerprint density at radius 1 is 1.05 bits per heavy atom. The molecule has 0 aliphatic carbocycles. The summed E-state index contributed by atoms with van der Waals surface area (Å²) in [5.41, 5.74) is 2.05. The third-order valence-corrected chi connectivity index (χ3v) is 3.15. The smallest absolute Gasteiger partial charge is 0.335 e. The zero-order valence-electron chi connectivity index (χ0n) is 11.7. The molecule has 0 saturated heterocycles. The number of likely N-dealkylation sites (N-methyl/N-ethyl adjacent to an activating group) is 1. The van der Waals surface area contributed by atoms with Gasteiger partial charge in [-0.15, -0.1) is 0 Å². The van der Waals surface area contributed by atoms with Crippen LogP contribution in [-0.2, 0) is 17.8 Å². The van der Waals surface area contributed by atoms with Gasteiger partial charge in [0.25, 0.3) is 0 Å². The van der Waals surface area contributed by atoms with Gasteiger partial charge in [0, 0.05) is 26.0 Å². The van der Waals surface area contributed by atoms with E-state index < -0.39 is 5.97 Å². The highest BCUT2D eigenvalue weighted by atomic mass is 16.4. The van der Waals surface area contributed by atoms with Gasteiger partial charge in [-0.05, 0) is 35.4 Å². The molecule has 0 bridgehead atoms. The maximum atomic E-state index is 12.1. The lowest BCUT2D eigenvalue weighted by Gasteiger charge is -2.17. The summed E-state index contributed by atoms with van der Waals surface area (Å²) in [6.45, 7) is 0.448. The number of nitrogens with zero attached hydrogens (tertiary/aromatic N) is 2. The predicted octanol–water partition coefficient (Wildman–Crippen LogP) is 1.98. The summed E-state index contributed by atoms with van der Waals surface area (Å²) in [5, 5.41) is 8.84. The molecular formula is C16H16N2O3. The van der Waals surface area contributed by atoms with Crippen molar-refractivity contribution < 1.29 is 14.7 Å². The van der Waals surface area contributed by atoms with E-state index in [1.807, 2.05) is 12.1 Å². The lowest BCUT2D eigenvalue weighted by molar-refractivity contribution is -0.129. The van der Waals surface area contributed by atoms with Gasteiger partial charge < -0.3 is 10.0 Å². The van der Waals surface area contributed by atoms with E-state index in [9.17, 15) is 9.59 Å². The molecule has 21 heavy (non-hydrogen) atoms. The van der Waals surface area contributed by atoms with Gasteiger partial charge in [0.15, 0.2) is 0 Å². The number of aromatic nitrogens is 1. The Bertz CT molecular complexity index is 624. The molecule has 0 atom stereocenters. The maximum absolute atomic E-state index is 12.1. The number of carbonyl (C=O) groups is 2. The normalized spacial score (nSPS) is 10.1. The highest BCUT2D eigenvalue weighted by Crippen LogP contribution is 2.08. The van der Waals surface area contributed by atoms with Crippen molar-refractivity contribution in [1.82, 2.24) is 9.88 Å². The molecule has 2 rings (SSSR count). The maximum Gasteiger partial charge on any atom is 0.335 e. The molecule has 1 aromatic carbocycles. The van der Waals surface area contributed by atoms with Crippen LogP contribution in [0.1, 0.15) is 21.5 Å². The quantitative estimate of drug-likeness (QED) is 0.911. The summed E-state index contributed by atoms with van der Waals surface area (Å²) in [6.07, 6.45) is 3.65. The summed E-state index contributed by atoms with van der Waals surface area (Å²) >= 11 is 0. The second-order valence-corrected chi connectivity index (χ2v) is 4.78. The Morgan fingerprint density at radius 2 is 1.67 bits per heavy atom. The van der Waals surface area contributed by atoms with Gasteiger partial charge in [0.2, 0.25) is 5.91 Å². The van der Waals surface area contributed by atoms with E-state index in [1.165, 1.54) is 0 Å². The lowest BCUT2D eigenvalue weighted by Crippen LogP contribution is -2.27. The largest absolute Gasteiger partial charge is 0.478 e. The standard InChI is InChI=1S/C16H16N2O3/c1-18(15(19)10-12-6-8-17-9-7-12)11-13-2-4-14(5-3-13)16(20)21/h2-9H,10-11H2,1H3,(H,20,21). The fraction of sp³-hybridized carbons (Fsp3) is 0.188. The Balaban J connectivity index is 1.95. The van der Waals surface area contributed by atoms with E-state index in [0.717, 1.165) is 11.1 Å². The molecule has 1 amide bonds. The van der Waals surface area contributed by atoms with Crippen LogP contribution < -0.4 is 0 Å². The van der Waals surface area contributed by atoms with Crippen molar-refractivity contribution in [1.29, 1.82) is 0 Å². The summed E-state index contributed by atoms with van der Waals surface area (Å²) < 4.78 is 0. The number of carbonyl (C=O) groups excluding carboxylic acids is 1. The molecule has 0 saturated carbocycles. The van der Waals surface area contributed by atoms with Gasteiger partial charge in [-0.1, -0.05) is 12.1 Å². The number of benzene rings is 1. The number of pyridine rings is 1. The highest BCUT2D eigenvalue weighted by molar-refractivity contribution is 5.87. The molecule has 1 aromatic heterocycles. The van der Waals surface area contributed by atoms with Crippen LogP contribution in [0.2, 0.25) is 0 Å². The van der Waals surface area contributed by atoms with Gasteiger partial charge in [-0.3, -0.25) is 9.78 Å². The first-order valence-electron chi connectivity index (χ1n) is 6.51. The van der Waals surface area contributed by atoms with Crippen molar-refractivity contribution in [3.63, 3.8) is 0 Å². The molecule has 0 unspecified atom stereocenters. The molecule has 0 aliphatic heterocycles. The lowest BCUT2D eigenvalue weighted by atomic mass is 10.1. The second kappa shape index (κ2) is 6.65. The number of hydrogen-bond donors (Lipinski definition) is 1. The molecule has 2 aromatic rings. The van der Waals surface area contributed by atoms with Crippen molar-refractivity contribution in [2.24, 2.45) is 0 Å². The Hall–Kier alpha value is -2.69. The first kappa shape index (κ1) is 14.7. The van der Waals surface area contributed by atoms with Gasteiger partial charge >= 0.3 is 5.97 Å². The van der Waals surface area contributed by atoms with E-state index >= 15 is 0 Å². The minimum Gasteiger partial charge on any atom is -0.478 e. The minimum atomic E-state index is -0.955. The number of aromatic carboxylic acids is 1. The van der Waals surface area contributed by atoms with Gasteiger partial charge in [-0.2, -0.15) is 0 Å². The minimum absolute atomic E-state index is 0.00325. The number of amides is 1. The first-order chi connectivity index (χ1) is 10.1. The monoisotopic (exact) mass is 284 g/mol. The van der Waals surface area contributed by atoms with Crippen molar-refractivity contribution in [3.05, 3.63) is 65.5 Å². The molecule has 108 valence electrons. The van der Waals surface area contributed by atoms with Crippen LogP contribution in [0.25, 0.3) is 0 Å². The van der Waals surface area contributed by atoms with Gasteiger partial charge in [-0.25, -0.2) is 4.79 Å². The van der Waals surface area contributed by atoms with Crippen molar-refractivity contribution >= 4 is 11.9 Å². The molecule has 5 nitrogen and oxygen atoms in total. The predicted molar refractivity (Wildman–Crippen MR) is 77.8 cm³/mol. The summed E-state index contributed by atoms with van der Waals surface area (Å²) in [6, 6.07) is 10.2. The van der Waals surface area contributed by atoms with Crippen LogP contribution in [-0.4, -0.2) is 33.9 Å². The SMILES string of the molecule is CN(Cc1ccc(C(=O)O)cc1)C(=O)Cc1ccncc1. The van der Waals surface area contributed by atoms with Crippen molar-refractivity contribution in [2.75, 3.05) is 7.05 Å². The Kier molecular flexibility index (Phi) is 4.66. The van der Waals surface area contributed by atoms with Crippen LogP contribution in [0.15, 0.2) is 48.8 Å². The van der Waals surface area contributed by atoms with Crippen LogP contribution >= 0.6 is 0 Å². The fourth-order valence-corrected chi connectivity index (χ4v) is 1.92. The average Bonchev–Trinajstić information content (AvgIpc) is 2.48. The van der Waals surface area contributed by atoms with Gasteiger partial charge in [0.1, 0.15) is 0 Å².